The predicted octanol–water partition coefficient (Wildman–Crippen LogP) is 1.64. The van der Waals surface area contributed by atoms with Crippen molar-refractivity contribution in [2.24, 2.45) is 4.99 Å². The molecule has 1 aliphatic carbocycles. The summed E-state index contributed by atoms with van der Waals surface area (Å²) in [5.74, 6) is 2.00. The second-order valence-electron chi connectivity index (χ2n) is 6.75. The van der Waals surface area contributed by atoms with E-state index in [0.29, 0.717) is 12.1 Å². The quantitative estimate of drug-likeness (QED) is 0.350. The third-order valence-corrected chi connectivity index (χ3v) is 4.94. The fourth-order valence-electron chi connectivity index (χ4n) is 3.32. The third kappa shape index (κ3) is 6.09. The lowest BCUT2D eigenvalue weighted by atomic mass is 10.2. The molecule has 0 spiro atoms. The number of nitrogens with zero attached hydrogens (tertiary/aromatic N) is 5. The van der Waals surface area contributed by atoms with Gasteiger partial charge in [-0.3, -0.25) is 9.89 Å². The molecule has 2 fully saturated rings. The zero-order chi connectivity index (χ0) is 16.8. The first-order valence-corrected chi connectivity index (χ1v) is 9.45. The van der Waals surface area contributed by atoms with Crippen LogP contribution in [-0.2, 0) is 13.0 Å². The molecule has 0 amide bonds. The molecule has 142 valence electrons. The molecule has 1 atom stereocenters. The Labute approximate surface area is 168 Å². The second-order valence-corrected chi connectivity index (χ2v) is 6.75. The van der Waals surface area contributed by atoms with Crippen molar-refractivity contribution in [3.8, 4) is 0 Å². The van der Waals surface area contributed by atoms with Crippen molar-refractivity contribution in [3.05, 3.63) is 12.2 Å². The average Bonchev–Trinajstić information content (AvgIpc) is 3.12. The maximum atomic E-state index is 4.86. The highest BCUT2D eigenvalue weighted by Gasteiger charge is 2.24. The van der Waals surface area contributed by atoms with Crippen molar-refractivity contribution in [1.29, 1.82) is 0 Å². The molecule has 1 aromatic heterocycles. The van der Waals surface area contributed by atoms with Gasteiger partial charge in [0.1, 0.15) is 12.2 Å². The van der Waals surface area contributed by atoms with E-state index in [1.54, 1.807) is 0 Å². The summed E-state index contributed by atoms with van der Waals surface area (Å²) in [5, 5.41) is 15.1. The summed E-state index contributed by atoms with van der Waals surface area (Å²) >= 11 is 0. The van der Waals surface area contributed by atoms with Crippen molar-refractivity contribution < 1.29 is 0 Å². The summed E-state index contributed by atoms with van der Waals surface area (Å²) in [6.45, 7) is 9.31. The molecule has 7 nitrogen and oxygen atoms in total. The van der Waals surface area contributed by atoms with Gasteiger partial charge in [-0.2, -0.15) is 0 Å². The second kappa shape index (κ2) is 10.3. The fraction of sp³-hybridized carbons (Fsp3) is 0.824. The number of hydrogen-bond donors (Lipinski definition) is 2. The number of nitrogens with one attached hydrogen (secondary N) is 2. The molecule has 1 saturated carbocycles. The van der Waals surface area contributed by atoms with E-state index in [-0.39, 0.29) is 24.0 Å². The number of likely N-dealkylation sites (N-methyl/N-ethyl adjacent to an activating group) is 1. The number of hydrogen-bond acceptors (Lipinski definition) is 4. The van der Waals surface area contributed by atoms with Crippen LogP contribution in [-0.4, -0.2) is 63.9 Å². The summed E-state index contributed by atoms with van der Waals surface area (Å²) in [7, 11) is 0. The minimum Gasteiger partial charge on any atom is -0.355 e. The highest BCUT2D eigenvalue weighted by molar-refractivity contribution is 14.0. The van der Waals surface area contributed by atoms with Gasteiger partial charge in [0.25, 0.3) is 0 Å². The highest BCUT2D eigenvalue weighted by atomic mass is 127. The lowest BCUT2D eigenvalue weighted by Crippen LogP contribution is -2.41. The van der Waals surface area contributed by atoms with Crippen LogP contribution in [0.3, 0.4) is 0 Å². The molecule has 1 saturated heterocycles. The standard InChI is InChI=1S/C17H31N7.HI/c1-3-16-22-20-13-24(16)11-9-18-17(21-14-7-8-14)19-12-15-6-5-10-23(15)4-2;/h13-15H,3-12H2,1-2H3,(H2,18,19,21);1H. The Kier molecular flexibility index (Phi) is 8.41. The minimum absolute atomic E-state index is 0. The molecule has 3 rings (SSSR count). The first-order chi connectivity index (χ1) is 11.8. The Morgan fingerprint density at radius 1 is 1.32 bits per heavy atom. The van der Waals surface area contributed by atoms with E-state index in [2.05, 4.69) is 44.1 Å². The van der Waals surface area contributed by atoms with Crippen LogP contribution in [0.2, 0.25) is 0 Å². The maximum absolute atomic E-state index is 4.86. The van der Waals surface area contributed by atoms with Gasteiger partial charge in [-0.05, 0) is 38.8 Å². The fourth-order valence-corrected chi connectivity index (χ4v) is 3.32. The lowest BCUT2D eigenvalue weighted by Gasteiger charge is -2.21. The number of halogens is 1. The summed E-state index contributed by atoms with van der Waals surface area (Å²) in [6.07, 6.45) is 7.82. The van der Waals surface area contributed by atoms with Crippen LogP contribution in [0.15, 0.2) is 11.3 Å². The van der Waals surface area contributed by atoms with Crippen LogP contribution in [0.5, 0.6) is 0 Å². The molecule has 8 heteroatoms. The van der Waals surface area contributed by atoms with Crippen LogP contribution < -0.4 is 10.6 Å². The van der Waals surface area contributed by atoms with Crippen LogP contribution in [0.1, 0.15) is 45.4 Å². The Bertz CT molecular complexity index is 541. The Balaban J connectivity index is 0.00000225. The average molecular weight is 461 g/mol. The molecule has 1 aromatic rings. The molecular weight excluding hydrogens is 429 g/mol. The molecular formula is C17H32IN7. The van der Waals surface area contributed by atoms with E-state index in [1.165, 1.54) is 32.2 Å². The zero-order valence-electron chi connectivity index (χ0n) is 15.4. The molecule has 1 unspecified atom stereocenters. The summed E-state index contributed by atoms with van der Waals surface area (Å²) < 4.78 is 2.11. The molecule has 25 heavy (non-hydrogen) atoms. The van der Waals surface area contributed by atoms with E-state index < -0.39 is 0 Å². The molecule has 0 aromatic carbocycles. The topological polar surface area (TPSA) is 70.4 Å². The molecule has 0 bridgehead atoms. The largest absolute Gasteiger partial charge is 0.355 e. The maximum Gasteiger partial charge on any atom is 0.191 e. The first-order valence-electron chi connectivity index (χ1n) is 9.45. The van der Waals surface area contributed by atoms with Gasteiger partial charge in [-0.15, -0.1) is 34.2 Å². The molecule has 2 heterocycles. The van der Waals surface area contributed by atoms with Gasteiger partial charge < -0.3 is 15.2 Å². The van der Waals surface area contributed by atoms with Crippen LogP contribution in [0.4, 0.5) is 0 Å². The minimum atomic E-state index is 0. The van der Waals surface area contributed by atoms with Gasteiger partial charge in [0.15, 0.2) is 5.96 Å². The van der Waals surface area contributed by atoms with E-state index in [9.17, 15) is 0 Å². The van der Waals surface area contributed by atoms with Gasteiger partial charge >= 0.3 is 0 Å². The third-order valence-electron chi connectivity index (χ3n) is 4.94. The number of aromatic nitrogens is 3. The Morgan fingerprint density at radius 3 is 2.88 bits per heavy atom. The molecule has 2 aliphatic rings. The highest BCUT2D eigenvalue weighted by Crippen LogP contribution is 2.19. The summed E-state index contributed by atoms with van der Waals surface area (Å²) in [4.78, 5) is 7.40. The number of guanidine groups is 1. The van der Waals surface area contributed by atoms with Crippen LogP contribution >= 0.6 is 24.0 Å². The zero-order valence-corrected chi connectivity index (χ0v) is 17.8. The number of rotatable bonds is 8. The van der Waals surface area contributed by atoms with Crippen molar-refractivity contribution in [3.63, 3.8) is 0 Å². The van der Waals surface area contributed by atoms with Crippen LogP contribution in [0.25, 0.3) is 0 Å². The van der Waals surface area contributed by atoms with Gasteiger partial charge in [0, 0.05) is 31.6 Å². The number of aryl methyl sites for hydroxylation is 1. The van der Waals surface area contributed by atoms with Crippen molar-refractivity contribution >= 4 is 29.9 Å². The van der Waals surface area contributed by atoms with E-state index in [0.717, 1.165) is 44.4 Å². The predicted molar refractivity (Wildman–Crippen MR) is 112 cm³/mol. The molecule has 0 radical (unpaired) electrons. The normalized spacial score (nSPS) is 21.2. The van der Waals surface area contributed by atoms with Crippen molar-refractivity contribution in [2.45, 2.75) is 64.6 Å². The smallest absolute Gasteiger partial charge is 0.191 e. The van der Waals surface area contributed by atoms with Crippen molar-refractivity contribution in [1.82, 2.24) is 30.3 Å². The van der Waals surface area contributed by atoms with Crippen molar-refractivity contribution in [2.75, 3.05) is 26.2 Å². The summed E-state index contributed by atoms with van der Waals surface area (Å²) in [6, 6.07) is 1.22. The van der Waals surface area contributed by atoms with E-state index in [1.807, 2.05) is 6.33 Å². The summed E-state index contributed by atoms with van der Waals surface area (Å²) in [5.41, 5.74) is 0. The number of aliphatic imine (C=N–C) groups is 1. The van der Waals surface area contributed by atoms with Gasteiger partial charge in [-0.1, -0.05) is 13.8 Å². The number of likely N-dealkylation sites (tertiary alicyclic amines) is 1. The van der Waals surface area contributed by atoms with Gasteiger partial charge in [-0.25, -0.2) is 0 Å². The van der Waals surface area contributed by atoms with Gasteiger partial charge in [0.05, 0.1) is 6.54 Å². The SMILES string of the molecule is CCc1nncn1CCNC(=NCC1CCCN1CC)NC1CC1.I. The van der Waals surface area contributed by atoms with Gasteiger partial charge in [0.2, 0.25) is 0 Å². The Morgan fingerprint density at radius 2 is 2.16 bits per heavy atom. The van der Waals surface area contributed by atoms with E-state index >= 15 is 0 Å². The molecule has 2 N–H and O–H groups in total. The Hall–Kier alpha value is -0.900. The monoisotopic (exact) mass is 461 g/mol. The molecule has 1 aliphatic heterocycles. The van der Waals surface area contributed by atoms with Crippen LogP contribution in [0, 0.1) is 0 Å². The lowest BCUT2D eigenvalue weighted by molar-refractivity contribution is 0.273. The van der Waals surface area contributed by atoms with E-state index in [4.69, 9.17) is 4.99 Å². The first kappa shape index (κ1) is 20.4.